The number of ether oxygens (including phenoxy) is 1. The number of benzene rings is 1. The lowest BCUT2D eigenvalue weighted by atomic mass is 10.1. The maximum atomic E-state index is 11.2. The highest BCUT2D eigenvalue weighted by atomic mass is 127. The van der Waals surface area contributed by atoms with Gasteiger partial charge in [-0.3, -0.25) is 0 Å². The number of phenolic OH excluding ortho intramolecular Hbond substituents is 2. The number of methoxy groups -OCH3 is 1. The number of hydrogen-bond donors (Lipinski definition) is 3. The first-order valence-electron chi connectivity index (χ1n) is 4.57. The van der Waals surface area contributed by atoms with Crippen molar-refractivity contribution in [3.63, 3.8) is 0 Å². The molecular formula is C10H13INO4+. The maximum absolute atomic E-state index is 11.2. The van der Waals surface area contributed by atoms with E-state index in [9.17, 15) is 15.0 Å². The largest absolute Gasteiger partial charge is 0.504 e. The molecule has 0 unspecified atom stereocenters. The second kappa shape index (κ2) is 5.35. The molecule has 0 amide bonds. The predicted molar refractivity (Wildman–Crippen MR) is 64.9 cm³/mol. The van der Waals surface area contributed by atoms with Crippen LogP contribution in [0.3, 0.4) is 0 Å². The second-order valence-corrected chi connectivity index (χ2v) is 4.52. The van der Waals surface area contributed by atoms with E-state index in [0.29, 0.717) is 6.42 Å². The Hall–Kier alpha value is -1.02. The van der Waals surface area contributed by atoms with Crippen LogP contribution in [0.1, 0.15) is 5.56 Å². The molecule has 6 heteroatoms. The van der Waals surface area contributed by atoms with E-state index in [-0.39, 0.29) is 11.5 Å². The van der Waals surface area contributed by atoms with Crippen LogP contribution in [0, 0.1) is 3.57 Å². The Kier molecular flexibility index (Phi) is 4.36. The lowest BCUT2D eigenvalue weighted by Crippen LogP contribution is -2.66. The quantitative estimate of drug-likeness (QED) is 0.412. The van der Waals surface area contributed by atoms with Crippen molar-refractivity contribution < 1.29 is 25.5 Å². The van der Waals surface area contributed by atoms with E-state index in [2.05, 4.69) is 10.5 Å². The van der Waals surface area contributed by atoms with Crippen molar-refractivity contribution in [1.82, 2.24) is 0 Å². The summed E-state index contributed by atoms with van der Waals surface area (Å²) in [4.78, 5) is 11.2. The summed E-state index contributed by atoms with van der Waals surface area (Å²) in [5.41, 5.74) is 4.43. The molecule has 88 valence electrons. The summed E-state index contributed by atoms with van der Waals surface area (Å²) in [6.45, 7) is 0. The molecule has 1 aromatic rings. The minimum Gasteiger partial charge on any atom is -0.504 e. The van der Waals surface area contributed by atoms with E-state index in [0.717, 1.165) is 9.13 Å². The van der Waals surface area contributed by atoms with Gasteiger partial charge in [0.05, 0.1) is 7.11 Å². The van der Waals surface area contributed by atoms with Gasteiger partial charge in [-0.2, -0.15) is 0 Å². The first-order valence-corrected chi connectivity index (χ1v) is 5.64. The summed E-state index contributed by atoms with van der Waals surface area (Å²) in [5, 5.41) is 18.6. The van der Waals surface area contributed by atoms with Gasteiger partial charge in [0.1, 0.15) is 0 Å². The fraction of sp³-hybridized carbons (Fsp3) is 0.300. The van der Waals surface area contributed by atoms with E-state index in [4.69, 9.17) is 0 Å². The maximum Gasteiger partial charge on any atom is 0.364 e. The van der Waals surface area contributed by atoms with Gasteiger partial charge >= 0.3 is 5.97 Å². The first-order chi connectivity index (χ1) is 7.45. The van der Waals surface area contributed by atoms with Gasteiger partial charge < -0.3 is 20.7 Å². The first kappa shape index (κ1) is 13.0. The molecule has 0 heterocycles. The average molecular weight is 338 g/mol. The number of quaternary nitrogens is 1. The van der Waals surface area contributed by atoms with Crippen LogP contribution in [0.5, 0.6) is 11.5 Å². The molecule has 0 radical (unpaired) electrons. The Bertz CT molecular complexity index is 408. The molecule has 0 aliphatic carbocycles. The molecule has 0 aliphatic heterocycles. The van der Waals surface area contributed by atoms with Gasteiger partial charge in [0, 0.05) is 9.99 Å². The van der Waals surface area contributed by atoms with Crippen molar-refractivity contribution in [3.8, 4) is 11.5 Å². The zero-order valence-corrected chi connectivity index (χ0v) is 10.9. The Labute approximate surface area is 106 Å². The highest BCUT2D eigenvalue weighted by Crippen LogP contribution is 2.29. The number of carbonyl (C=O) groups is 1. The molecular weight excluding hydrogens is 325 g/mol. The Morgan fingerprint density at radius 1 is 1.50 bits per heavy atom. The van der Waals surface area contributed by atoms with Gasteiger partial charge in [0.2, 0.25) is 0 Å². The van der Waals surface area contributed by atoms with Gasteiger partial charge in [-0.05, 0) is 40.3 Å². The van der Waals surface area contributed by atoms with Crippen LogP contribution in [-0.4, -0.2) is 29.3 Å². The fourth-order valence-electron chi connectivity index (χ4n) is 1.27. The van der Waals surface area contributed by atoms with Crippen LogP contribution < -0.4 is 5.73 Å². The summed E-state index contributed by atoms with van der Waals surface area (Å²) in [6, 6.07) is 2.34. The second-order valence-electron chi connectivity index (χ2n) is 3.36. The number of aromatic hydroxyl groups is 2. The third kappa shape index (κ3) is 2.99. The van der Waals surface area contributed by atoms with Crippen molar-refractivity contribution in [2.45, 2.75) is 12.5 Å². The molecule has 0 saturated carbocycles. The molecule has 0 bridgehead atoms. The monoisotopic (exact) mass is 338 g/mol. The molecule has 0 aliphatic rings. The lowest BCUT2D eigenvalue weighted by molar-refractivity contribution is -0.407. The van der Waals surface area contributed by atoms with E-state index in [1.54, 1.807) is 0 Å². The Morgan fingerprint density at radius 2 is 2.06 bits per heavy atom. The number of halogens is 1. The number of phenols is 2. The number of hydrogen-bond acceptors (Lipinski definition) is 4. The lowest BCUT2D eigenvalue weighted by Gasteiger charge is -2.09. The van der Waals surface area contributed by atoms with Crippen molar-refractivity contribution >= 4 is 28.6 Å². The molecule has 1 rings (SSSR count). The van der Waals surface area contributed by atoms with Gasteiger partial charge in [-0.1, -0.05) is 0 Å². The number of carbonyl (C=O) groups excluding carboxylic acids is 1. The van der Waals surface area contributed by atoms with Gasteiger partial charge in [-0.15, -0.1) is 0 Å². The molecule has 5 N–H and O–H groups in total. The van der Waals surface area contributed by atoms with E-state index >= 15 is 0 Å². The summed E-state index contributed by atoms with van der Waals surface area (Å²) >= 11 is 2.02. The van der Waals surface area contributed by atoms with Crippen LogP contribution in [0.2, 0.25) is 0 Å². The normalized spacial score (nSPS) is 12.2. The van der Waals surface area contributed by atoms with E-state index < -0.39 is 12.0 Å². The van der Waals surface area contributed by atoms with Crippen molar-refractivity contribution in [2.24, 2.45) is 0 Å². The third-order valence-electron chi connectivity index (χ3n) is 2.14. The summed E-state index contributed by atoms with van der Waals surface area (Å²) in [7, 11) is 1.31. The number of rotatable bonds is 3. The topological polar surface area (TPSA) is 94.4 Å². The van der Waals surface area contributed by atoms with Crippen molar-refractivity contribution in [1.29, 1.82) is 0 Å². The van der Waals surface area contributed by atoms with Crippen LogP contribution in [0.25, 0.3) is 0 Å². The Balaban J connectivity index is 2.89. The highest BCUT2D eigenvalue weighted by molar-refractivity contribution is 14.1. The fourth-order valence-corrected chi connectivity index (χ4v) is 1.94. The smallest absolute Gasteiger partial charge is 0.364 e. The Morgan fingerprint density at radius 3 is 2.62 bits per heavy atom. The summed E-state index contributed by atoms with van der Waals surface area (Å²) < 4.78 is 5.33. The van der Waals surface area contributed by atoms with E-state index in [1.165, 1.54) is 19.2 Å². The van der Waals surface area contributed by atoms with Gasteiger partial charge in [0.25, 0.3) is 0 Å². The standard InChI is InChI=1S/C10H12INO4/c1-16-10(15)7(12)2-5-3-8(13)9(14)4-6(5)11/h3-4,7,13-14H,2,12H2,1H3/p+1/t7-/m0/s1. The number of esters is 1. The van der Waals surface area contributed by atoms with E-state index in [1.807, 2.05) is 22.6 Å². The molecule has 16 heavy (non-hydrogen) atoms. The van der Waals surface area contributed by atoms with Gasteiger partial charge in [-0.25, -0.2) is 4.79 Å². The van der Waals surface area contributed by atoms with Crippen LogP contribution in [0.15, 0.2) is 12.1 Å². The van der Waals surface area contributed by atoms with Crippen LogP contribution in [-0.2, 0) is 16.0 Å². The minimum atomic E-state index is -0.526. The minimum absolute atomic E-state index is 0.174. The SMILES string of the molecule is COC(=O)[C@@H]([NH3+])Cc1cc(O)c(O)cc1I. The van der Waals surface area contributed by atoms with Crippen LogP contribution >= 0.6 is 22.6 Å². The van der Waals surface area contributed by atoms with Crippen LogP contribution in [0.4, 0.5) is 0 Å². The highest BCUT2D eigenvalue weighted by Gasteiger charge is 2.20. The zero-order valence-electron chi connectivity index (χ0n) is 8.74. The van der Waals surface area contributed by atoms with Gasteiger partial charge in [0.15, 0.2) is 17.5 Å². The molecule has 1 aromatic carbocycles. The molecule has 0 aromatic heterocycles. The average Bonchev–Trinajstić information content (AvgIpc) is 2.24. The summed E-state index contributed by atoms with van der Waals surface area (Å²) in [5.74, 6) is -0.775. The predicted octanol–water partition coefficient (Wildman–Crippen LogP) is 0.0284. The van der Waals surface area contributed by atoms with Crippen molar-refractivity contribution in [2.75, 3.05) is 7.11 Å². The molecule has 0 saturated heterocycles. The molecule has 5 nitrogen and oxygen atoms in total. The van der Waals surface area contributed by atoms with Crippen molar-refractivity contribution in [3.05, 3.63) is 21.3 Å². The zero-order chi connectivity index (χ0) is 12.3. The molecule has 1 atom stereocenters. The third-order valence-corrected chi connectivity index (χ3v) is 3.15. The molecule has 0 fully saturated rings. The summed E-state index contributed by atoms with van der Waals surface area (Å²) in [6.07, 6.45) is 0.360. The molecule has 0 spiro atoms.